The van der Waals surface area contributed by atoms with Crippen LogP contribution in [0, 0.1) is 5.82 Å². The van der Waals surface area contributed by atoms with Gasteiger partial charge in [0, 0.05) is 30.1 Å². The Hall–Kier alpha value is -3.06. The van der Waals surface area contributed by atoms with Crippen LogP contribution in [0.3, 0.4) is 0 Å². The van der Waals surface area contributed by atoms with Gasteiger partial charge in [-0.1, -0.05) is 24.3 Å². The highest BCUT2D eigenvalue weighted by Crippen LogP contribution is 2.16. The molecule has 5 nitrogen and oxygen atoms in total. The van der Waals surface area contributed by atoms with E-state index in [1.54, 1.807) is 24.4 Å². The third-order valence-corrected chi connectivity index (χ3v) is 5.43. The second kappa shape index (κ2) is 8.31. The zero-order valence-corrected chi connectivity index (χ0v) is 15.8. The summed E-state index contributed by atoms with van der Waals surface area (Å²) in [7, 11) is -1.24. The summed E-state index contributed by atoms with van der Waals surface area (Å²) < 4.78 is 31.2. The molecule has 1 N–H and O–H groups in total. The molecular weight excluding hydrogens is 377 g/mol. The number of aromatic amines is 1. The van der Waals surface area contributed by atoms with Crippen LogP contribution in [-0.4, -0.2) is 24.9 Å². The van der Waals surface area contributed by atoms with Crippen molar-refractivity contribution in [2.45, 2.75) is 18.2 Å². The van der Waals surface area contributed by atoms with Crippen LogP contribution in [0.1, 0.15) is 11.3 Å². The summed E-state index contributed by atoms with van der Waals surface area (Å²) in [6.07, 6.45) is 2.21. The number of benzene rings is 2. The number of H-pyrrole nitrogens is 1. The van der Waals surface area contributed by atoms with Crippen LogP contribution in [0.2, 0.25) is 0 Å². The van der Waals surface area contributed by atoms with Gasteiger partial charge in [-0.25, -0.2) is 9.37 Å². The number of nitrogens with zero attached hydrogens (tertiary/aromatic N) is 2. The summed E-state index contributed by atoms with van der Waals surface area (Å²) in [4.78, 5) is 11.8. The van der Waals surface area contributed by atoms with Gasteiger partial charge in [-0.2, -0.15) is 0 Å². The molecule has 0 aliphatic rings. The second-order valence-corrected chi connectivity index (χ2v) is 7.74. The quantitative estimate of drug-likeness (QED) is 0.513. The molecule has 7 heteroatoms. The minimum atomic E-state index is -1.24. The van der Waals surface area contributed by atoms with Gasteiger partial charge >= 0.3 is 0 Å². The van der Waals surface area contributed by atoms with Crippen molar-refractivity contribution < 1.29 is 13.3 Å². The summed E-state index contributed by atoms with van der Waals surface area (Å²) in [6, 6.07) is 17.4. The molecule has 0 saturated heterocycles. The molecule has 4 aromatic rings. The third kappa shape index (κ3) is 4.43. The molecule has 4 rings (SSSR count). The van der Waals surface area contributed by atoms with Crippen LogP contribution in [0.4, 0.5) is 4.39 Å². The maximum absolute atomic E-state index is 13.0. The average Bonchev–Trinajstić information content (AvgIpc) is 3.16. The van der Waals surface area contributed by atoms with Gasteiger partial charge in [0.05, 0.1) is 21.8 Å². The van der Waals surface area contributed by atoms with Crippen molar-refractivity contribution in [2.24, 2.45) is 0 Å². The molecule has 0 bridgehead atoms. The van der Waals surface area contributed by atoms with E-state index in [-0.39, 0.29) is 5.82 Å². The van der Waals surface area contributed by atoms with Crippen molar-refractivity contribution in [3.05, 3.63) is 83.9 Å². The Kier molecular flexibility index (Phi) is 5.43. The molecule has 0 radical (unpaired) electrons. The van der Waals surface area contributed by atoms with E-state index < -0.39 is 10.8 Å². The number of pyridine rings is 1. The zero-order chi connectivity index (χ0) is 19.3. The van der Waals surface area contributed by atoms with Crippen LogP contribution in [-0.2, 0) is 23.8 Å². The fourth-order valence-electron chi connectivity index (χ4n) is 2.76. The lowest BCUT2D eigenvalue weighted by Crippen LogP contribution is -2.05. The van der Waals surface area contributed by atoms with Crippen molar-refractivity contribution in [2.75, 3.05) is 5.75 Å². The van der Waals surface area contributed by atoms with Gasteiger partial charge in [0.1, 0.15) is 18.2 Å². The molecule has 0 aliphatic carbocycles. The average molecular weight is 395 g/mol. The highest BCUT2D eigenvalue weighted by atomic mass is 32.2. The van der Waals surface area contributed by atoms with E-state index in [2.05, 4.69) is 15.0 Å². The number of imidazole rings is 1. The van der Waals surface area contributed by atoms with Crippen molar-refractivity contribution >= 4 is 21.8 Å². The normalized spacial score (nSPS) is 12.2. The van der Waals surface area contributed by atoms with E-state index in [9.17, 15) is 8.60 Å². The first-order chi connectivity index (χ1) is 13.7. The van der Waals surface area contributed by atoms with Gasteiger partial charge in [-0.3, -0.25) is 9.19 Å². The van der Waals surface area contributed by atoms with E-state index in [1.807, 2.05) is 30.3 Å². The smallest absolute Gasteiger partial charge is 0.197 e. The lowest BCUT2D eigenvalue weighted by atomic mass is 10.2. The van der Waals surface area contributed by atoms with E-state index in [1.165, 1.54) is 12.1 Å². The molecule has 1 atom stereocenters. The van der Waals surface area contributed by atoms with Crippen molar-refractivity contribution in [3.8, 4) is 5.75 Å². The first-order valence-corrected chi connectivity index (χ1v) is 10.1. The van der Waals surface area contributed by atoms with Gasteiger partial charge in [-0.15, -0.1) is 0 Å². The molecule has 2 heterocycles. The highest BCUT2D eigenvalue weighted by molar-refractivity contribution is 7.84. The first-order valence-electron chi connectivity index (χ1n) is 8.83. The monoisotopic (exact) mass is 395 g/mol. The van der Waals surface area contributed by atoms with Crippen molar-refractivity contribution in [1.29, 1.82) is 0 Å². The fraction of sp³-hybridized carbons (Fsp3) is 0.143. The van der Waals surface area contributed by atoms with Crippen LogP contribution in [0.5, 0.6) is 5.75 Å². The van der Waals surface area contributed by atoms with Gasteiger partial charge in [0.25, 0.3) is 0 Å². The number of aryl methyl sites for hydroxylation is 1. The van der Waals surface area contributed by atoms with E-state index >= 15 is 0 Å². The topological polar surface area (TPSA) is 67.9 Å². The van der Waals surface area contributed by atoms with E-state index in [0.717, 1.165) is 22.3 Å². The summed E-state index contributed by atoms with van der Waals surface area (Å²) in [5, 5.41) is 0.477. The first kappa shape index (κ1) is 18.3. The standard InChI is InChI=1S/C21H18FN3O2S/c22-16-7-5-15(6-8-16)14-27-18-9-11-23-17(13-18)10-12-28(26)21-24-19-3-1-2-4-20(19)25-21/h1-9,11,13H,10,12,14H2,(H,24,25). The van der Waals surface area contributed by atoms with Crippen molar-refractivity contribution in [3.63, 3.8) is 0 Å². The predicted molar refractivity (Wildman–Crippen MR) is 106 cm³/mol. The molecule has 0 spiro atoms. The van der Waals surface area contributed by atoms with Crippen LogP contribution in [0.25, 0.3) is 11.0 Å². The minimum Gasteiger partial charge on any atom is -0.489 e. The number of hydrogen-bond donors (Lipinski definition) is 1. The van der Waals surface area contributed by atoms with Gasteiger partial charge in [0.2, 0.25) is 0 Å². The largest absolute Gasteiger partial charge is 0.489 e. The molecule has 28 heavy (non-hydrogen) atoms. The number of fused-ring (bicyclic) bond motifs is 1. The maximum atomic E-state index is 13.0. The molecule has 2 aromatic heterocycles. The van der Waals surface area contributed by atoms with Crippen molar-refractivity contribution in [1.82, 2.24) is 15.0 Å². The Morgan fingerprint density at radius 3 is 2.71 bits per heavy atom. The molecule has 0 saturated carbocycles. The van der Waals surface area contributed by atoms with Crippen LogP contribution < -0.4 is 4.74 Å². The molecule has 2 aromatic carbocycles. The third-order valence-electron chi connectivity index (χ3n) is 4.23. The van der Waals surface area contributed by atoms with Crippen LogP contribution in [0.15, 0.2) is 72.0 Å². The summed E-state index contributed by atoms with van der Waals surface area (Å²) in [6.45, 7) is 0.342. The Labute approximate surface area is 164 Å². The maximum Gasteiger partial charge on any atom is 0.197 e. The number of para-hydroxylation sites is 2. The number of rotatable bonds is 7. The molecule has 0 fully saturated rings. The lowest BCUT2D eigenvalue weighted by Gasteiger charge is -2.07. The number of aromatic nitrogens is 3. The molecular formula is C21H18FN3O2S. The van der Waals surface area contributed by atoms with Crippen LogP contribution >= 0.6 is 0 Å². The molecule has 0 aliphatic heterocycles. The SMILES string of the molecule is O=S(CCc1cc(OCc2ccc(F)cc2)ccn1)c1nc2ccccc2[nH]1. The fourth-order valence-corrected chi connectivity index (χ4v) is 3.77. The predicted octanol–water partition coefficient (Wildman–Crippen LogP) is 4.03. The summed E-state index contributed by atoms with van der Waals surface area (Å²) in [5.41, 5.74) is 3.35. The second-order valence-electron chi connectivity index (χ2n) is 6.26. The molecule has 0 amide bonds. The minimum absolute atomic E-state index is 0.271. The number of hydrogen-bond acceptors (Lipinski definition) is 4. The summed E-state index contributed by atoms with van der Waals surface area (Å²) >= 11 is 0. The highest BCUT2D eigenvalue weighted by Gasteiger charge is 2.10. The van der Waals surface area contributed by atoms with E-state index in [0.29, 0.717) is 29.7 Å². The van der Waals surface area contributed by atoms with Gasteiger partial charge in [0.15, 0.2) is 5.16 Å². The van der Waals surface area contributed by atoms with E-state index in [4.69, 9.17) is 4.74 Å². The van der Waals surface area contributed by atoms with Gasteiger partial charge < -0.3 is 9.72 Å². The molecule has 142 valence electrons. The van der Waals surface area contributed by atoms with Gasteiger partial charge in [-0.05, 0) is 35.9 Å². The number of ether oxygens (including phenoxy) is 1. The Morgan fingerprint density at radius 2 is 1.89 bits per heavy atom. The Balaban J connectivity index is 1.36. The lowest BCUT2D eigenvalue weighted by molar-refractivity contribution is 0.305. The number of halogens is 1. The Bertz CT molecular complexity index is 1080. The summed E-state index contributed by atoms with van der Waals surface area (Å²) in [5.74, 6) is 0.810. The number of nitrogens with one attached hydrogen (secondary N) is 1. The Morgan fingerprint density at radius 1 is 1.07 bits per heavy atom. The molecule has 1 unspecified atom stereocenters. The zero-order valence-electron chi connectivity index (χ0n) is 15.0.